The smallest absolute Gasteiger partial charge is 0.360 e. The highest BCUT2D eigenvalue weighted by molar-refractivity contribution is 5.88. The molecule has 0 amide bonds. The number of hydrogen-bond donors (Lipinski definition) is 1. The maximum absolute atomic E-state index is 11.4. The topological polar surface area (TPSA) is 64.4 Å². The Bertz CT molecular complexity index is 320. The lowest BCUT2D eigenvalue weighted by Gasteiger charge is -2.00. The van der Waals surface area contributed by atoms with Crippen molar-refractivity contribution in [3.8, 4) is 0 Å². The Morgan fingerprint density at radius 2 is 2.36 bits per heavy atom. The summed E-state index contributed by atoms with van der Waals surface area (Å²) in [5.74, 6) is 0.206. The summed E-state index contributed by atoms with van der Waals surface area (Å²) in [7, 11) is 1.79. The van der Waals surface area contributed by atoms with Crippen molar-refractivity contribution in [1.29, 1.82) is 0 Å². The molecule has 5 nitrogen and oxygen atoms in total. The Kier molecular flexibility index (Phi) is 3.64. The van der Waals surface area contributed by atoms with Crippen LogP contribution in [0.3, 0.4) is 0 Å². The molecule has 0 aliphatic carbocycles. The molecule has 0 saturated carbocycles. The molecule has 0 atom stereocenters. The molecule has 0 aliphatic heterocycles. The second-order valence-corrected chi connectivity index (χ2v) is 2.82. The van der Waals surface area contributed by atoms with E-state index in [4.69, 9.17) is 9.26 Å². The van der Waals surface area contributed by atoms with Crippen molar-refractivity contribution in [3.63, 3.8) is 0 Å². The molecule has 1 aromatic heterocycles. The number of ether oxygens (including phenoxy) is 1. The van der Waals surface area contributed by atoms with Gasteiger partial charge in [-0.1, -0.05) is 5.16 Å². The molecule has 14 heavy (non-hydrogen) atoms. The van der Waals surface area contributed by atoms with E-state index in [0.29, 0.717) is 18.9 Å². The van der Waals surface area contributed by atoms with E-state index in [1.165, 1.54) is 0 Å². The molecule has 5 heteroatoms. The van der Waals surface area contributed by atoms with Crippen molar-refractivity contribution in [2.24, 2.45) is 0 Å². The van der Waals surface area contributed by atoms with Crippen LogP contribution in [-0.2, 0) is 11.3 Å². The number of esters is 1. The molecule has 0 radical (unpaired) electrons. The highest BCUT2D eigenvalue weighted by Gasteiger charge is 2.19. The molecule has 0 spiro atoms. The van der Waals surface area contributed by atoms with Gasteiger partial charge < -0.3 is 14.6 Å². The van der Waals surface area contributed by atoms with E-state index in [2.05, 4.69) is 10.5 Å². The largest absolute Gasteiger partial charge is 0.461 e. The first-order valence-electron chi connectivity index (χ1n) is 4.47. The quantitative estimate of drug-likeness (QED) is 0.727. The van der Waals surface area contributed by atoms with Crippen LogP contribution in [0.25, 0.3) is 0 Å². The molecular weight excluding hydrogens is 184 g/mol. The summed E-state index contributed by atoms with van der Waals surface area (Å²) in [6.45, 7) is 4.40. The van der Waals surface area contributed by atoms with Crippen molar-refractivity contribution in [1.82, 2.24) is 10.5 Å². The molecule has 0 aliphatic rings. The molecule has 0 bridgehead atoms. The molecule has 0 fully saturated rings. The van der Waals surface area contributed by atoms with Gasteiger partial charge in [-0.3, -0.25) is 0 Å². The van der Waals surface area contributed by atoms with Crippen molar-refractivity contribution in [2.45, 2.75) is 20.4 Å². The maximum Gasteiger partial charge on any atom is 0.360 e. The number of carbonyl (C=O) groups is 1. The number of hydrogen-bond acceptors (Lipinski definition) is 5. The molecule has 1 heterocycles. The summed E-state index contributed by atoms with van der Waals surface area (Å²) in [4.78, 5) is 11.4. The molecule has 1 N–H and O–H groups in total. The number of nitrogens with one attached hydrogen (secondary N) is 1. The van der Waals surface area contributed by atoms with E-state index in [0.717, 1.165) is 5.56 Å². The van der Waals surface area contributed by atoms with Crippen LogP contribution in [0.1, 0.15) is 28.7 Å². The minimum Gasteiger partial charge on any atom is -0.461 e. The number of nitrogens with zero attached hydrogens (tertiary/aromatic N) is 1. The lowest BCUT2D eigenvalue weighted by molar-refractivity contribution is 0.0513. The Balaban J connectivity index is 2.90. The summed E-state index contributed by atoms with van der Waals surface area (Å²) in [5, 5.41) is 6.60. The van der Waals surface area contributed by atoms with E-state index >= 15 is 0 Å². The van der Waals surface area contributed by atoms with E-state index in [1.807, 2.05) is 0 Å². The molecular formula is C9H14N2O3. The fraction of sp³-hybridized carbons (Fsp3) is 0.556. The summed E-state index contributed by atoms with van der Waals surface area (Å²) in [5.41, 5.74) is 1.02. The van der Waals surface area contributed by atoms with Crippen molar-refractivity contribution in [3.05, 3.63) is 17.0 Å². The lowest BCUT2D eigenvalue weighted by Crippen LogP contribution is -2.13. The van der Waals surface area contributed by atoms with Gasteiger partial charge in [-0.05, 0) is 20.9 Å². The normalized spacial score (nSPS) is 10.2. The maximum atomic E-state index is 11.4. The summed E-state index contributed by atoms with van der Waals surface area (Å²) in [6, 6.07) is 0. The molecule has 0 aromatic carbocycles. The van der Waals surface area contributed by atoms with Gasteiger partial charge in [-0.25, -0.2) is 4.79 Å². The minimum absolute atomic E-state index is 0.263. The Labute approximate surface area is 82.4 Å². The number of aromatic nitrogens is 1. The van der Waals surface area contributed by atoms with Crippen LogP contribution in [0.4, 0.5) is 0 Å². The van der Waals surface area contributed by atoms with E-state index in [1.54, 1.807) is 20.9 Å². The molecule has 78 valence electrons. The predicted octanol–water partition coefficient (Wildman–Crippen LogP) is 0.879. The Morgan fingerprint density at radius 1 is 1.64 bits per heavy atom. The van der Waals surface area contributed by atoms with Gasteiger partial charge in [0.1, 0.15) is 5.76 Å². The number of carbonyl (C=O) groups excluding carboxylic acids is 1. The summed E-state index contributed by atoms with van der Waals surface area (Å²) >= 11 is 0. The fourth-order valence-corrected chi connectivity index (χ4v) is 1.14. The van der Waals surface area contributed by atoms with Crippen LogP contribution in [0.15, 0.2) is 4.52 Å². The first kappa shape index (κ1) is 10.7. The molecule has 0 saturated heterocycles. The number of aryl methyl sites for hydroxylation is 1. The lowest BCUT2D eigenvalue weighted by atomic mass is 10.2. The standard InChI is InChI=1S/C9H14N2O3/c1-4-13-9(12)8-7(5-10-3)6(2)14-11-8/h10H,4-5H2,1-3H3. The zero-order valence-corrected chi connectivity index (χ0v) is 8.59. The second-order valence-electron chi connectivity index (χ2n) is 2.82. The third-order valence-corrected chi connectivity index (χ3v) is 1.81. The van der Waals surface area contributed by atoms with Crippen molar-refractivity contribution in [2.75, 3.05) is 13.7 Å². The van der Waals surface area contributed by atoms with Gasteiger partial charge in [-0.15, -0.1) is 0 Å². The average Bonchev–Trinajstić information content (AvgIpc) is 2.50. The summed E-state index contributed by atoms with van der Waals surface area (Å²) < 4.78 is 9.76. The first-order chi connectivity index (χ1) is 6.70. The predicted molar refractivity (Wildman–Crippen MR) is 50.0 cm³/mol. The van der Waals surface area contributed by atoms with Crippen molar-refractivity contribution >= 4 is 5.97 Å². The van der Waals surface area contributed by atoms with Gasteiger partial charge in [0, 0.05) is 12.1 Å². The summed E-state index contributed by atoms with van der Waals surface area (Å²) in [6.07, 6.45) is 0. The van der Waals surface area contributed by atoms with Gasteiger partial charge in [0.05, 0.1) is 6.61 Å². The zero-order valence-electron chi connectivity index (χ0n) is 8.59. The molecule has 0 unspecified atom stereocenters. The fourth-order valence-electron chi connectivity index (χ4n) is 1.14. The van der Waals surface area contributed by atoms with Crippen LogP contribution in [0.2, 0.25) is 0 Å². The van der Waals surface area contributed by atoms with Gasteiger partial charge in [0.2, 0.25) is 0 Å². The van der Waals surface area contributed by atoms with Crippen LogP contribution >= 0.6 is 0 Å². The first-order valence-corrected chi connectivity index (χ1v) is 4.47. The van der Waals surface area contributed by atoms with Crippen LogP contribution < -0.4 is 5.32 Å². The van der Waals surface area contributed by atoms with E-state index in [9.17, 15) is 4.79 Å². The highest BCUT2D eigenvalue weighted by atomic mass is 16.5. The average molecular weight is 198 g/mol. The number of rotatable bonds is 4. The van der Waals surface area contributed by atoms with E-state index < -0.39 is 5.97 Å². The van der Waals surface area contributed by atoms with Crippen LogP contribution in [0, 0.1) is 6.92 Å². The van der Waals surface area contributed by atoms with Gasteiger partial charge in [0.25, 0.3) is 0 Å². The Morgan fingerprint density at radius 3 is 2.93 bits per heavy atom. The van der Waals surface area contributed by atoms with Gasteiger partial charge in [-0.2, -0.15) is 0 Å². The minimum atomic E-state index is -0.436. The van der Waals surface area contributed by atoms with Crippen LogP contribution in [0.5, 0.6) is 0 Å². The van der Waals surface area contributed by atoms with Gasteiger partial charge >= 0.3 is 5.97 Å². The van der Waals surface area contributed by atoms with E-state index in [-0.39, 0.29) is 5.69 Å². The van der Waals surface area contributed by atoms with Gasteiger partial charge in [0.15, 0.2) is 5.69 Å². The van der Waals surface area contributed by atoms with Crippen LogP contribution in [-0.4, -0.2) is 24.8 Å². The Hall–Kier alpha value is -1.36. The third kappa shape index (κ3) is 2.11. The monoisotopic (exact) mass is 198 g/mol. The SMILES string of the molecule is CCOC(=O)c1noc(C)c1CNC. The second kappa shape index (κ2) is 4.76. The molecule has 1 aromatic rings. The van der Waals surface area contributed by atoms with Crippen molar-refractivity contribution < 1.29 is 14.1 Å². The highest BCUT2D eigenvalue weighted by Crippen LogP contribution is 2.13. The third-order valence-electron chi connectivity index (χ3n) is 1.81. The molecule has 1 rings (SSSR count). The zero-order chi connectivity index (χ0) is 10.6.